The minimum absolute atomic E-state index is 0.0915. The number of thiazole rings is 1. The van der Waals surface area contributed by atoms with Crippen molar-refractivity contribution in [2.75, 3.05) is 26.2 Å². The molecule has 2 saturated heterocycles. The van der Waals surface area contributed by atoms with Crippen LogP contribution in [0, 0.1) is 12.3 Å². The number of benzene rings is 2. The Bertz CT molecular complexity index is 3030. The third-order valence-corrected chi connectivity index (χ3v) is 18.1. The predicted molar refractivity (Wildman–Crippen MR) is 283 cm³/mol. The van der Waals surface area contributed by atoms with Crippen molar-refractivity contribution in [1.82, 2.24) is 49.6 Å². The van der Waals surface area contributed by atoms with E-state index in [-0.39, 0.29) is 41.8 Å². The van der Waals surface area contributed by atoms with Crippen LogP contribution < -0.4 is 10.9 Å². The van der Waals surface area contributed by atoms with Gasteiger partial charge in [-0.15, -0.1) is 16.4 Å². The van der Waals surface area contributed by atoms with Gasteiger partial charge >= 0.3 is 0 Å². The van der Waals surface area contributed by atoms with E-state index in [4.69, 9.17) is 9.97 Å². The first-order chi connectivity index (χ1) is 34.8. The van der Waals surface area contributed by atoms with E-state index >= 15 is 0 Å². The highest BCUT2D eigenvalue weighted by Gasteiger charge is 2.48. The molecule has 0 unspecified atom stereocenters. The molecular weight excluding hydrogens is 989 g/mol. The quantitative estimate of drug-likeness (QED) is 0.100. The molecule has 14 nitrogen and oxygen atoms in total. The number of amides is 2. The molecule has 7 heterocycles. The topological polar surface area (TPSA) is 164 Å². The van der Waals surface area contributed by atoms with E-state index in [9.17, 15) is 19.5 Å². The van der Waals surface area contributed by atoms with E-state index in [0.29, 0.717) is 17.2 Å². The summed E-state index contributed by atoms with van der Waals surface area (Å²) in [6, 6.07) is 17.2. The number of aliphatic hydroxyl groups excluding tert-OH is 1. The second kappa shape index (κ2) is 19.9. The number of aryl methyl sites for hydroxylation is 1. The van der Waals surface area contributed by atoms with Crippen LogP contribution in [0.15, 0.2) is 75.6 Å². The van der Waals surface area contributed by atoms with Crippen LogP contribution in [0.5, 0.6) is 0 Å². The van der Waals surface area contributed by atoms with Gasteiger partial charge in [0, 0.05) is 46.7 Å². The average Bonchev–Trinajstić information content (AvgIpc) is 3.61. The number of nitrogens with zero attached hydrogens (tertiary/aromatic N) is 9. The Morgan fingerprint density at radius 1 is 0.931 bits per heavy atom. The van der Waals surface area contributed by atoms with Crippen molar-refractivity contribution < 1.29 is 14.7 Å². The molecule has 4 fully saturated rings. The molecule has 6 aromatic rings. The normalized spacial score (nSPS) is 21.0. The highest BCUT2D eigenvalue weighted by atomic mass is 79.9. The van der Waals surface area contributed by atoms with Crippen molar-refractivity contribution in [2.24, 2.45) is 5.41 Å². The summed E-state index contributed by atoms with van der Waals surface area (Å²) in [6.07, 6.45) is 14.6. The first-order valence-corrected chi connectivity index (χ1v) is 28.1. The van der Waals surface area contributed by atoms with Gasteiger partial charge in [-0.1, -0.05) is 94.5 Å². The van der Waals surface area contributed by atoms with Gasteiger partial charge in [-0.3, -0.25) is 19.0 Å². The number of likely N-dealkylation sites (tertiary alicyclic amines) is 2. The number of β-amino-alcohol motifs (C(OH)–C–C–N with tert-alkyl or cyclic N) is 1. The number of fused-ring (bicyclic) bond motifs is 7. The number of rotatable bonds is 14. The fraction of sp³-hybridized carbons (Fsp3) is 0.536. The van der Waals surface area contributed by atoms with Crippen LogP contribution in [-0.4, -0.2) is 99.6 Å². The van der Waals surface area contributed by atoms with Gasteiger partial charge in [-0.05, 0) is 129 Å². The van der Waals surface area contributed by atoms with E-state index in [0.717, 1.165) is 151 Å². The molecule has 0 radical (unpaired) electrons. The molecule has 2 saturated carbocycles. The standard InChI is InChI=1S/C56H67BrN10O4S/c1-34-48(72-33-58-34)38-19-17-35(18-20-38)42(60-51(69)46-30-39(68)31-65(46)53(71)49(55(2,3)4)66-32-44(62-63-66)36-15-16-36)13-7-5-10-27-64-28-23-37(24-29-64)43-22-21-40-50(59-43)67-45-14-11-12-41(57)47(45)52(70)61-54(67)56(40)25-8-6-9-26-56/h11-12,14,17-22,32-33,36-37,39,42,46,49,68H,5-10,13,15-16,23-31H2,1-4H3,(H,60,69)/t39-,42-,46+,49+/m0/s1. The highest BCUT2D eigenvalue weighted by Crippen LogP contribution is 2.51. The molecule has 2 amide bonds. The summed E-state index contributed by atoms with van der Waals surface area (Å²) in [5.74, 6) is 2.09. The lowest BCUT2D eigenvalue weighted by Gasteiger charge is -2.35. The zero-order valence-corrected chi connectivity index (χ0v) is 44.4. The van der Waals surface area contributed by atoms with Crippen molar-refractivity contribution in [3.05, 3.63) is 115 Å². The summed E-state index contributed by atoms with van der Waals surface area (Å²) >= 11 is 5.27. The smallest absolute Gasteiger partial charge is 0.281 e. The maximum atomic E-state index is 14.6. The van der Waals surface area contributed by atoms with Gasteiger partial charge in [0.2, 0.25) is 11.8 Å². The van der Waals surface area contributed by atoms with Gasteiger partial charge in [0.05, 0.1) is 50.2 Å². The third-order valence-electron chi connectivity index (χ3n) is 16.4. The zero-order valence-electron chi connectivity index (χ0n) is 42.0. The summed E-state index contributed by atoms with van der Waals surface area (Å²) in [7, 11) is 0. The molecule has 2 aliphatic carbocycles. The third kappa shape index (κ3) is 9.38. The first kappa shape index (κ1) is 49.1. The zero-order chi connectivity index (χ0) is 49.9. The van der Waals surface area contributed by atoms with Crippen molar-refractivity contribution in [3.63, 3.8) is 0 Å². The average molecular weight is 1060 g/mol. The molecule has 16 heteroatoms. The highest BCUT2D eigenvalue weighted by molar-refractivity contribution is 9.10. The Labute approximate surface area is 434 Å². The van der Waals surface area contributed by atoms with Gasteiger partial charge in [-0.2, -0.15) is 4.98 Å². The number of halogens is 1. The number of piperidine rings is 1. The van der Waals surface area contributed by atoms with Crippen LogP contribution in [0.1, 0.15) is 169 Å². The largest absolute Gasteiger partial charge is 0.391 e. The lowest BCUT2D eigenvalue weighted by atomic mass is 9.70. The molecule has 1 spiro atoms. The summed E-state index contributed by atoms with van der Waals surface area (Å²) < 4.78 is 4.64. The number of aliphatic hydroxyl groups is 1. The molecule has 378 valence electrons. The fourth-order valence-corrected chi connectivity index (χ4v) is 13.8. The number of hydrogen-bond donors (Lipinski definition) is 2. The Hall–Kier alpha value is -5.16. The van der Waals surface area contributed by atoms with Crippen LogP contribution in [-0.2, 0) is 15.0 Å². The summed E-state index contributed by atoms with van der Waals surface area (Å²) in [5, 5.41) is 23.8. The molecule has 2 aromatic carbocycles. The summed E-state index contributed by atoms with van der Waals surface area (Å²) in [4.78, 5) is 62.6. The number of carbonyl (C=O) groups excluding carboxylic acids is 2. The van der Waals surface area contributed by atoms with Crippen LogP contribution >= 0.6 is 27.3 Å². The second-order valence-electron chi connectivity index (χ2n) is 22.4. The van der Waals surface area contributed by atoms with Gasteiger partial charge in [0.1, 0.15) is 23.7 Å². The minimum atomic E-state index is -0.810. The van der Waals surface area contributed by atoms with Crippen molar-refractivity contribution in [2.45, 2.75) is 159 Å². The second-order valence-corrected chi connectivity index (χ2v) is 24.1. The number of hydrogen-bond acceptors (Lipinski definition) is 11. The van der Waals surface area contributed by atoms with E-state index < -0.39 is 23.6 Å². The summed E-state index contributed by atoms with van der Waals surface area (Å²) in [5.41, 5.74) is 8.13. The van der Waals surface area contributed by atoms with Gasteiger partial charge in [0.15, 0.2) is 0 Å². The monoisotopic (exact) mass is 1050 g/mol. The van der Waals surface area contributed by atoms with Crippen LogP contribution in [0.3, 0.4) is 0 Å². The molecule has 2 N–H and O–H groups in total. The number of carbonyl (C=O) groups is 2. The van der Waals surface area contributed by atoms with E-state index in [1.807, 2.05) is 57.6 Å². The van der Waals surface area contributed by atoms with Crippen molar-refractivity contribution >= 4 is 50.0 Å². The molecule has 4 aromatic heterocycles. The molecular formula is C56H67BrN10O4S. The Morgan fingerprint density at radius 3 is 2.42 bits per heavy atom. The number of nitrogens with one attached hydrogen (secondary N) is 1. The van der Waals surface area contributed by atoms with E-state index in [2.05, 4.69) is 82.4 Å². The Kier molecular flexibility index (Phi) is 13.6. The van der Waals surface area contributed by atoms with Gasteiger partial charge < -0.3 is 20.2 Å². The molecule has 0 bridgehead atoms. The number of pyridine rings is 1. The predicted octanol–water partition coefficient (Wildman–Crippen LogP) is 9.85. The molecule has 5 aliphatic rings. The molecule has 4 atom stereocenters. The van der Waals surface area contributed by atoms with Gasteiger partial charge in [0.25, 0.3) is 5.56 Å². The molecule has 3 aliphatic heterocycles. The van der Waals surface area contributed by atoms with E-state index in [1.54, 1.807) is 20.9 Å². The maximum absolute atomic E-state index is 14.6. The van der Waals surface area contributed by atoms with Crippen molar-refractivity contribution in [3.8, 4) is 16.3 Å². The van der Waals surface area contributed by atoms with Crippen LogP contribution in [0.25, 0.3) is 27.2 Å². The van der Waals surface area contributed by atoms with Crippen molar-refractivity contribution in [1.29, 1.82) is 0 Å². The first-order valence-electron chi connectivity index (χ1n) is 26.4. The lowest BCUT2D eigenvalue weighted by molar-refractivity contribution is -0.144. The molecule has 72 heavy (non-hydrogen) atoms. The van der Waals surface area contributed by atoms with Gasteiger partial charge in [-0.25, -0.2) is 14.6 Å². The minimum Gasteiger partial charge on any atom is -0.391 e. The molecule has 11 rings (SSSR count). The van der Waals surface area contributed by atoms with Crippen LogP contribution in [0.2, 0.25) is 0 Å². The van der Waals surface area contributed by atoms with E-state index in [1.165, 1.54) is 12.0 Å². The maximum Gasteiger partial charge on any atom is 0.281 e. The lowest BCUT2D eigenvalue weighted by Crippen LogP contribution is -2.50. The number of unbranched alkanes of at least 4 members (excludes halogenated alkanes) is 2. The summed E-state index contributed by atoms with van der Waals surface area (Å²) in [6.45, 7) is 11.2. The Morgan fingerprint density at radius 2 is 1.69 bits per heavy atom. The number of aromatic nitrogens is 7. The van der Waals surface area contributed by atoms with Crippen LogP contribution in [0.4, 0.5) is 0 Å². The SMILES string of the molecule is Cc1ncsc1-c1ccc([C@H](CCCCCN2CCC(c3ccc4c(n3)-n3c(nc(=O)c5c(Br)cccc53)C43CCCCC3)CC2)NC(=O)[C@H]2C[C@H](O)CN2C(=O)[C@@H](n2cc(C3CC3)nn2)C(C)(C)C)cc1. The Balaban J connectivity index is 0.741. The fourth-order valence-electron chi connectivity index (χ4n) is 12.4.